The third kappa shape index (κ3) is 7.31. The van der Waals surface area contributed by atoms with Crippen molar-refractivity contribution in [3.8, 4) is 0 Å². The average Bonchev–Trinajstić information content (AvgIpc) is 2.44. The first-order valence-electron chi connectivity index (χ1n) is 8.62. The lowest BCUT2D eigenvalue weighted by Crippen LogP contribution is -2.42. The highest BCUT2D eigenvalue weighted by molar-refractivity contribution is 4.82. The molecule has 1 aliphatic heterocycles. The first-order valence-corrected chi connectivity index (χ1v) is 8.62. The number of rotatable bonds is 10. The Labute approximate surface area is 121 Å². The van der Waals surface area contributed by atoms with Gasteiger partial charge in [0.1, 0.15) is 0 Å². The van der Waals surface area contributed by atoms with Crippen LogP contribution in [0.4, 0.5) is 0 Å². The first kappa shape index (κ1) is 17.0. The minimum atomic E-state index is 0.426. The Kier molecular flexibility index (Phi) is 8.72. The topological polar surface area (TPSA) is 29.3 Å². The zero-order chi connectivity index (χ0) is 14.0. The lowest BCUT2D eigenvalue weighted by Gasteiger charge is -2.38. The van der Waals surface area contributed by atoms with Crippen LogP contribution in [0.1, 0.15) is 78.1 Å². The van der Waals surface area contributed by atoms with Gasteiger partial charge in [-0.3, -0.25) is 0 Å². The maximum absolute atomic E-state index is 5.85. The minimum absolute atomic E-state index is 0.426. The number of hydrogen-bond acceptors (Lipinski definition) is 2. The lowest BCUT2D eigenvalue weighted by molar-refractivity contribution is 0.123. The number of hydrogen-bond donors (Lipinski definition) is 1. The number of likely N-dealkylation sites (tertiary alicyclic amines) is 1. The molecule has 0 spiro atoms. The fourth-order valence-electron chi connectivity index (χ4n) is 2.99. The van der Waals surface area contributed by atoms with Crippen molar-refractivity contribution in [1.29, 1.82) is 0 Å². The summed E-state index contributed by atoms with van der Waals surface area (Å²) in [7, 11) is 0. The van der Waals surface area contributed by atoms with Gasteiger partial charge in [0, 0.05) is 0 Å². The molecule has 2 heteroatoms. The van der Waals surface area contributed by atoms with Crippen molar-refractivity contribution < 1.29 is 0 Å². The van der Waals surface area contributed by atoms with Crippen molar-refractivity contribution in [3.05, 3.63) is 0 Å². The van der Waals surface area contributed by atoms with Crippen LogP contribution in [0.5, 0.6) is 0 Å². The molecule has 0 aromatic carbocycles. The summed E-state index contributed by atoms with van der Waals surface area (Å²) in [6, 6.07) is 0. The Morgan fingerprint density at radius 1 is 0.895 bits per heavy atom. The Balaban J connectivity index is 1.91. The molecule has 2 N–H and O–H groups in total. The second-order valence-electron chi connectivity index (χ2n) is 6.83. The van der Waals surface area contributed by atoms with E-state index in [1.807, 2.05) is 0 Å². The van der Waals surface area contributed by atoms with Gasteiger partial charge in [0.25, 0.3) is 0 Å². The predicted octanol–water partition coefficient (Wildman–Crippen LogP) is 4.19. The van der Waals surface area contributed by atoms with E-state index in [0.717, 1.165) is 6.54 Å². The van der Waals surface area contributed by atoms with Gasteiger partial charge in [-0.25, -0.2) is 0 Å². The fourth-order valence-corrected chi connectivity index (χ4v) is 2.99. The molecule has 0 unspecified atom stereocenters. The van der Waals surface area contributed by atoms with E-state index >= 15 is 0 Å². The molecular weight excluding hydrogens is 232 g/mol. The molecular formula is C17H36N2. The van der Waals surface area contributed by atoms with Crippen LogP contribution in [0, 0.1) is 5.41 Å². The van der Waals surface area contributed by atoms with Gasteiger partial charge in [0.05, 0.1) is 0 Å². The molecule has 1 fully saturated rings. The van der Waals surface area contributed by atoms with Gasteiger partial charge in [-0.1, -0.05) is 58.8 Å². The molecule has 0 aromatic heterocycles. The van der Waals surface area contributed by atoms with Crippen molar-refractivity contribution in [3.63, 3.8) is 0 Å². The molecule has 2 nitrogen and oxygen atoms in total. The minimum Gasteiger partial charge on any atom is -0.330 e. The summed E-state index contributed by atoms with van der Waals surface area (Å²) in [5.41, 5.74) is 6.28. The molecule has 1 saturated heterocycles. The van der Waals surface area contributed by atoms with E-state index in [0.29, 0.717) is 5.41 Å². The highest BCUT2D eigenvalue weighted by atomic mass is 15.1. The summed E-state index contributed by atoms with van der Waals surface area (Å²) >= 11 is 0. The maximum atomic E-state index is 5.85. The fraction of sp³-hybridized carbons (Fsp3) is 1.00. The zero-order valence-electron chi connectivity index (χ0n) is 13.4. The van der Waals surface area contributed by atoms with Crippen LogP contribution in [0.25, 0.3) is 0 Å². The van der Waals surface area contributed by atoms with Gasteiger partial charge in [-0.15, -0.1) is 0 Å². The summed E-state index contributed by atoms with van der Waals surface area (Å²) < 4.78 is 0. The average molecular weight is 268 g/mol. The number of nitrogens with two attached hydrogens (primary N) is 1. The van der Waals surface area contributed by atoms with E-state index in [1.54, 1.807) is 0 Å². The summed E-state index contributed by atoms with van der Waals surface area (Å²) in [6.45, 7) is 9.34. The van der Waals surface area contributed by atoms with Gasteiger partial charge in [-0.05, 0) is 50.9 Å². The molecule has 0 aliphatic carbocycles. The monoisotopic (exact) mass is 268 g/mol. The molecule has 0 bridgehead atoms. The standard InChI is InChI=1S/C17H36N2/c1-3-4-5-6-7-8-9-10-13-19-14-11-17(2,16-18)12-15-19/h3-16,18H2,1-2H3. The quantitative estimate of drug-likeness (QED) is 0.602. The van der Waals surface area contributed by atoms with Gasteiger partial charge in [-0.2, -0.15) is 0 Å². The van der Waals surface area contributed by atoms with Crippen molar-refractivity contribution in [2.24, 2.45) is 11.1 Å². The SMILES string of the molecule is CCCCCCCCCCN1CCC(C)(CN)CC1. The highest BCUT2D eigenvalue weighted by Gasteiger charge is 2.28. The molecule has 0 aromatic rings. The summed E-state index contributed by atoms with van der Waals surface area (Å²) in [5.74, 6) is 0. The predicted molar refractivity (Wildman–Crippen MR) is 85.4 cm³/mol. The molecule has 19 heavy (non-hydrogen) atoms. The second kappa shape index (κ2) is 9.77. The van der Waals surface area contributed by atoms with E-state index in [2.05, 4.69) is 18.7 Å². The summed E-state index contributed by atoms with van der Waals surface area (Å²) in [6.07, 6.45) is 14.0. The zero-order valence-corrected chi connectivity index (χ0v) is 13.4. The van der Waals surface area contributed by atoms with Crippen LogP contribution in [-0.4, -0.2) is 31.1 Å². The Morgan fingerprint density at radius 2 is 1.42 bits per heavy atom. The van der Waals surface area contributed by atoms with Crippen LogP contribution < -0.4 is 5.73 Å². The summed E-state index contributed by atoms with van der Waals surface area (Å²) in [5, 5.41) is 0. The van der Waals surface area contributed by atoms with Crippen LogP contribution in [-0.2, 0) is 0 Å². The Bertz CT molecular complexity index is 207. The largest absolute Gasteiger partial charge is 0.330 e. The number of nitrogens with zero attached hydrogens (tertiary/aromatic N) is 1. The second-order valence-corrected chi connectivity index (χ2v) is 6.83. The lowest BCUT2D eigenvalue weighted by atomic mass is 9.80. The normalized spacial score (nSPS) is 19.7. The van der Waals surface area contributed by atoms with Crippen molar-refractivity contribution in [2.45, 2.75) is 78.1 Å². The van der Waals surface area contributed by atoms with E-state index < -0.39 is 0 Å². The number of unbranched alkanes of at least 4 members (excludes halogenated alkanes) is 7. The maximum Gasteiger partial charge on any atom is -0.00131 e. The molecule has 1 aliphatic rings. The summed E-state index contributed by atoms with van der Waals surface area (Å²) in [4.78, 5) is 2.65. The van der Waals surface area contributed by atoms with Crippen LogP contribution >= 0.6 is 0 Å². The van der Waals surface area contributed by atoms with Crippen LogP contribution in [0.2, 0.25) is 0 Å². The number of piperidine rings is 1. The molecule has 0 amide bonds. The van der Waals surface area contributed by atoms with Gasteiger partial charge < -0.3 is 10.6 Å². The molecule has 1 heterocycles. The third-order valence-corrected chi connectivity index (χ3v) is 4.88. The van der Waals surface area contributed by atoms with E-state index in [4.69, 9.17) is 5.73 Å². The molecule has 0 atom stereocenters. The molecule has 0 radical (unpaired) electrons. The Morgan fingerprint density at radius 3 is 1.95 bits per heavy atom. The van der Waals surface area contributed by atoms with E-state index in [9.17, 15) is 0 Å². The van der Waals surface area contributed by atoms with Crippen molar-refractivity contribution in [2.75, 3.05) is 26.2 Å². The van der Waals surface area contributed by atoms with Crippen LogP contribution in [0.15, 0.2) is 0 Å². The smallest absolute Gasteiger partial charge is 0.00131 e. The van der Waals surface area contributed by atoms with Gasteiger partial charge >= 0.3 is 0 Å². The molecule has 1 rings (SSSR count). The van der Waals surface area contributed by atoms with Crippen molar-refractivity contribution >= 4 is 0 Å². The van der Waals surface area contributed by atoms with Gasteiger partial charge in [0.2, 0.25) is 0 Å². The highest BCUT2D eigenvalue weighted by Crippen LogP contribution is 2.29. The van der Waals surface area contributed by atoms with E-state index in [-0.39, 0.29) is 0 Å². The van der Waals surface area contributed by atoms with Crippen LogP contribution in [0.3, 0.4) is 0 Å². The van der Waals surface area contributed by atoms with Gasteiger partial charge in [0.15, 0.2) is 0 Å². The van der Waals surface area contributed by atoms with Crippen molar-refractivity contribution in [1.82, 2.24) is 4.90 Å². The first-order chi connectivity index (χ1) is 9.20. The Hall–Kier alpha value is -0.0800. The van der Waals surface area contributed by atoms with E-state index in [1.165, 1.54) is 83.8 Å². The molecule has 0 saturated carbocycles. The third-order valence-electron chi connectivity index (χ3n) is 4.88. The molecule has 114 valence electrons.